The summed E-state index contributed by atoms with van der Waals surface area (Å²) in [5, 5.41) is 4.56. The summed E-state index contributed by atoms with van der Waals surface area (Å²) in [7, 11) is -1.73. The van der Waals surface area contributed by atoms with Crippen molar-refractivity contribution in [3.8, 4) is 0 Å². The van der Waals surface area contributed by atoms with Gasteiger partial charge in [-0.2, -0.15) is 0 Å². The van der Waals surface area contributed by atoms with Crippen LogP contribution in [0.4, 0.5) is 0 Å². The summed E-state index contributed by atoms with van der Waals surface area (Å²) in [5.41, 5.74) is 7.35. The first-order valence-corrected chi connectivity index (χ1v) is 11.9. The highest BCUT2D eigenvalue weighted by Gasteiger charge is 2.48. The molecule has 0 amide bonds. The average Bonchev–Trinajstić information content (AvgIpc) is 3.20. The zero-order valence-corrected chi connectivity index (χ0v) is 16.6. The van der Waals surface area contributed by atoms with E-state index in [0.29, 0.717) is 0 Å². The number of rotatable bonds is 2. The van der Waals surface area contributed by atoms with E-state index in [2.05, 4.69) is 89.4 Å². The lowest BCUT2D eigenvalue weighted by atomic mass is 10.0. The molecule has 0 radical (unpaired) electrons. The van der Waals surface area contributed by atoms with Crippen LogP contribution in [0.25, 0.3) is 23.4 Å². The first-order valence-electron chi connectivity index (χ1n) is 8.89. The van der Waals surface area contributed by atoms with Crippen LogP contribution in [0.15, 0.2) is 47.1 Å². The van der Waals surface area contributed by atoms with Gasteiger partial charge in [0.05, 0.1) is 8.07 Å². The van der Waals surface area contributed by atoms with Crippen molar-refractivity contribution < 1.29 is 0 Å². The monoisotopic (exact) mass is 330 g/mol. The molecule has 0 fully saturated rings. The zero-order chi connectivity index (χ0) is 17.3. The second-order valence-electron chi connectivity index (χ2n) is 8.25. The number of benzene rings is 1. The molecule has 0 heterocycles. The molecule has 1 unspecified atom stereocenters. The summed E-state index contributed by atoms with van der Waals surface area (Å²) in [4.78, 5) is 0. The van der Waals surface area contributed by atoms with Crippen molar-refractivity contribution in [2.24, 2.45) is 0 Å². The maximum absolute atomic E-state index is 2.55. The smallest absolute Gasteiger partial charge is 0.0737 e. The molecule has 3 aliphatic rings. The van der Waals surface area contributed by atoms with Crippen molar-refractivity contribution in [2.75, 3.05) is 0 Å². The van der Waals surface area contributed by atoms with Gasteiger partial charge in [-0.1, -0.05) is 72.8 Å². The van der Waals surface area contributed by atoms with Crippen LogP contribution in [-0.4, -0.2) is 8.07 Å². The minimum absolute atomic E-state index is 0.198. The van der Waals surface area contributed by atoms with Gasteiger partial charge < -0.3 is 0 Å². The predicted octanol–water partition coefficient (Wildman–Crippen LogP) is 4.98. The lowest BCUT2D eigenvalue weighted by Gasteiger charge is -2.42. The first-order chi connectivity index (χ1) is 11.3. The van der Waals surface area contributed by atoms with Crippen molar-refractivity contribution in [1.29, 1.82) is 0 Å². The summed E-state index contributed by atoms with van der Waals surface area (Å²) in [6, 6.07) is 4.76. The van der Waals surface area contributed by atoms with Gasteiger partial charge in [0.15, 0.2) is 0 Å². The number of allylic oxidation sites excluding steroid dienone is 6. The molecule has 0 nitrogen and oxygen atoms in total. The van der Waals surface area contributed by atoms with Crippen molar-refractivity contribution in [3.05, 3.63) is 68.6 Å². The van der Waals surface area contributed by atoms with Gasteiger partial charge in [0.2, 0.25) is 0 Å². The highest BCUT2D eigenvalue weighted by molar-refractivity contribution is 6.98. The van der Waals surface area contributed by atoms with E-state index in [4.69, 9.17) is 0 Å². The second-order valence-corrected chi connectivity index (χ2v) is 13.1. The van der Waals surface area contributed by atoms with Crippen LogP contribution in [0.1, 0.15) is 38.8 Å². The summed E-state index contributed by atoms with van der Waals surface area (Å²) < 4.78 is 0. The highest BCUT2D eigenvalue weighted by Crippen LogP contribution is 2.56. The summed E-state index contributed by atoms with van der Waals surface area (Å²) in [6.07, 6.45) is 13.9. The third-order valence-corrected chi connectivity index (χ3v) is 11.8. The van der Waals surface area contributed by atoms with Gasteiger partial charge in [-0.25, -0.2) is 0 Å². The van der Waals surface area contributed by atoms with Crippen LogP contribution >= 0.6 is 0 Å². The quantitative estimate of drug-likeness (QED) is 0.671. The Morgan fingerprint density at radius 1 is 0.917 bits per heavy atom. The molecule has 0 aromatic heterocycles. The molecule has 0 N–H and O–H groups in total. The van der Waals surface area contributed by atoms with Crippen LogP contribution in [0.5, 0.6) is 0 Å². The van der Waals surface area contributed by atoms with Gasteiger partial charge in [0.25, 0.3) is 0 Å². The van der Waals surface area contributed by atoms with Crippen LogP contribution < -0.4 is 10.4 Å². The van der Waals surface area contributed by atoms with Crippen molar-refractivity contribution in [2.45, 2.75) is 45.8 Å². The molecule has 0 saturated carbocycles. The predicted molar refractivity (Wildman–Crippen MR) is 110 cm³/mol. The Morgan fingerprint density at radius 3 is 2.33 bits per heavy atom. The molecule has 4 rings (SSSR count). The van der Waals surface area contributed by atoms with Gasteiger partial charge in [0.1, 0.15) is 0 Å². The Balaban J connectivity index is 1.86. The fourth-order valence-electron chi connectivity index (χ4n) is 4.64. The molecule has 24 heavy (non-hydrogen) atoms. The van der Waals surface area contributed by atoms with Crippen molar-refractivity contribution in [1.82, 2.24) is 0 Å². The van der Waals surface area contributed by atoms with Crippen LogP contribution in [-0.2, 0) is 0 Å². The molecule has 3 aliphatic carbocycles. The lowest BCUT2D eigenvalue weighted by Crippen LogP contribution is -2.42. The zero-order valence-electron chi connectivity index (χ0n) is 15.6. The largest absolute Gasteiger partial charge is 0.0954 e. The topological polar surface area (TPSA) is 0 Å². The van der Waals surface area contributed by atoms with E-state index in [9.17, 15) is 0 Å². The normalized spacial score (nSPS) is 24.4. The van der Waals surface area contributed by atoms with E-state index in [-0.39, 0.29) is 5.04 Å². The van der Waals surface area contributed by atoms with Crippen molar-refractivity contribution >= 4 is 31.5 Å². The van der Waals surface area contributed by atoms with E-state index in [1.807, 2.05) is 0 Å². The maximum Gasteiger partial charge on any atom is 0.0954 e. The highest BCUT2D eigenvalue weighted by atomic mass is 28.3. The Hall–Kier alpha value is -1.86. The standard InChI is InChI=1S/C23H26Si/c1-15-14-23(4,17(3)16(15)2)24(5,6)22-11-10-20-12-18-8-7-9-19(18)13-21(20)22/h7-14H,1-6H3. The molecular formula is C23H26Si. The van der Waals surface area contributed by atoms with E-state index in [1.54, 1.807) is 10.8 Å². The first kappa shape index (κ1) is 15.7. The lowest BCUT2D eigenvalue weighted by molar-refractivity contribution is 0.860. The molecule has 0 saturated heterocycles. The van der Waals surface area contributed by atoms with E-state index >= 15 is 0 Å². The van der Waals surface area contributed by atoms with Crippen LogP contribution in [0, 0.1) is 0 Å². The van der Waals surface area contributed by atoms with Crippen LogP contribution in [0.3, 0.4) is 0 Å². The number of hydrogen-bond acceptors (Lipinski definition) is 0. The Morgan fingerprint density at radius 2 is 1.67 bits per heavy atom. The molecular weight excluding hydrogens is 304 g/mol. The fraction of sp³-hybridized carbons (Fsp3) is 0.304. The minimum atomic E-state index is -1.73. The molecule has 1 atom stereocenters. The summed E-state index contributed by atoms with van der Waals surface area (Å²) in [6.45, 7) is 14.5. The van der Waals surface area contributed by atoms with E-state index in [0.717, 1.165) is 0 Å². The summed E-state index contributed by atoms with van der Waals surface area (Å²) >= 11 is 0. The van der Waals surface area contributed by atoms with Gasteiger partial charge in [-0.05, 0) is 60.0 Å². The fourth-order valence-corrected chi connectivity index (χ4v) is 8.29. The maximum atomic E-state index is 2.55. The summed E-state index contributed by atoms with van der Waals surface area (Å²) in [5.74, 6) is 0. The minimum Gasteiger partial charge on any atom is -0.0737 e. The second kappa shape index (κ2) is 4.83. The van der Waals surface area contributed by atoms with Gasteiger partial charge in [-0.15, -0.1) is 0 Å². The van der Waals surface area contributed by atoms with Gasteiger partial charge in [-0.3, -0.25) is 0 Å². The Bertz CT molecular complexity index is 1010. The molecule has 0 bridgehead atoms. The molecule has 1 aromatic rings. The van der Waals surface area contributed by atoms with Crippen LogP contribution in [0.2, 0.25) is 18.1 Å². The molecule has 0 aliphatic heterocycles. The SMILES string of the molecule is CC1=CC(C)([Si](C)(C)C2=CC=c3cc4c(cc32)=CC=C4)C(C)=C1C. The Labute approximate surface area is 146 Å². The van der Waals surface area contributed by atoms with E-state index in [1.165, 1.54) is 32.7 Å². The number of hydrogen-bond donors (Lipinski definition) is 0. The third-order valence-electron chi connectivity index (χ3n) is 6.94. The average molecular weight is 331 g/mol. The number of fused-ring (bicyclic) bond motifs is 2. The van der Waals surface area contributed by atoms with Gasteiger partial charge >= 0.3 is 0 Å². The molecule has 1 aromatic carbocycles. The van der Waals surface area contributed by atoms with E-state index < -0.39 is 8.07 Å². The molecule has 122 valence electrons. The molecule has 1 heteroatoms. The van der Waals surface area contributed by atoms with Crippen molar-refractivity contribution in [3.63, 3.8) is 0 Å². The third kappa shape index (κ3) is 1.85. The molecule has 0 spiro atoms. The van der Waals surface area contributed by atoms with Gasteiger partial charge in [0, 0.05) is 5.04 Å². The Kier molecular flexibility index (Phi) is 3.15.